The van der Waals surface area contributed by atoms with E-state index in [4.69, 9.17) is 18.7 Å². The maximum atomic E-state index is 10.7. The number of hydrogen-bond acceptors (Lipinski definition) is 4. The van der Waals surface area contributed by atoms with Gasteiger partial charge in [0, 0.05) is 0 Å². The van der Waals surface area contributed by atoms with Crippen molar-refractivity contribution in [3.63, 3.8) is 0 Å². The van der Waals surface area contributed by atoms with Crippen molar-refractivity contribution in [1.29, 1.82) is 0 Å². The molecule has 5 heteroatoms. The number of aliphatic carboxylic acids is 1. The van der Waals surface area contributed by atoms with Crippen LogP contribution in [0.25, 0.3) is 0 Å². The van der Waals surface area contributed by atoms with E-state index < -0.39 is 35.8 Å². The highest BCUT2D eigenvalue weighted by Crippen LogP contribution is 2.34. The zero-order valence-electron chi connectivity index (χ0n) is 9.90. The van der Waals surface area contributed by atoms with E-state index in [1.807, 2.05) is 0 Å². The van der Waals surface area contributed by atoms with E-state index in [0.717, 1.165) is 0 Å². The van der Waals surface area contributed by atoms with Gasteiger partial charge in [0.15, 0.2) is 17.6 Å². The van der Waals surface area contributed by atoms with Crippen LogP contribution in [0.2, 0.25) is 0 Å². The summed E-state index contributed by atoms with van der Waals surface area (Å²) in [5, 5.41) is 18.1. The van der Waals surface area contributed by atoms with Crippen LogP contribution in [0.4, 0.5) is 0 Å². The van der Waals surface area contributed by atoms with Crippen LogP contribution in [0.15, 0.2) is 18.1 Å². The molecule has 0 amide bonds. The van der Waals surface area contributed by atoms with Crippen molar-refractivity contribution in [1.82, 2.24) is 0 Å². The molecule has 0 fully saturated rings. The topological polar surface area (TPSA) is 76.0 Å². The highest BCUT2D eigenvalue weighted by molar-refractivity contribution is 5.74. The van der Waals surface area contributed by atoms with E-state index in [-0.39, 0.29) is 18.3 Å². The monoisotopic (exact) mass is 199 g/mol. The van der Waals surface area contributed by atoms with Crippen LogP contribution in [-0.4, -0.2) is 23.0 Å². The Morgan fingerprint density at radius 2 is 2.21 bits per heavy atom. The number of aliphatic hydroxyl groups excluding tert-OH is 1. The number of benzene rings is 1. The van der Waals surface area contributed by atoms with Gasteiger partial charge in [0.1, 0.15) is 0 Å². The third kappa shape index (κ3) is 1.38. The molecule has 14 heavy (non-hydrogen) atoms. The molecular formula is C9H8O5. The molecule has 1 aliphatic heterocycles. The first kappa shape index (κ1) is 5.87. The lowest BCUT2D eigenvalue weighted by molar-refractivity contribution is -0.146. The summed E-state index contributed by atoms with van der Waals surface area (Å²) < 4.78 is 32.6. The fraction of sp³-hybridized carbons (Fsp3) is 0.222. The zero-order valence-corrected chi connectivity index (χ0v) is 6.90. The molecule has 1 unspecified atom stereocenters. The number of ether oxygens (including phenoxy) is 2. The molecule has 0 radical (unpaired) electrons. The van der Waals surface area contributed by atoms with E-state index >= 15 is 0 Å². The molecule has 0 bridgehead atoms. The lowest BCUT2D eigenvalue weighted by Crippen LogP contribution is -2.10. The molecule has 2 rings (SSSR count). The number of rotatable bonds is 2. The second kappa shape index (κ2) is 3.19. The number of carbonyl (C=O) groups is 1. The molecule has 1 aromatic carbocycles. The molecule has 0 aromatic heterocycles. The number of aliphatic hydroxyl groups is 1. The van der Waals surface area contributed by atoms with Gasteiger partial charge in [0.2, 0.25) is 6.79 Å². The molecule has 1 aliphatic rings. The molecule has 1 aromatic rings. The minimum atomic E-state index is -2.03. The highest BCUT2D eigenvalue weighted by Gasteiger charge is 2.20. The zero-order chi connectivity index (χ0) is 12.7. The minimum Gasteiger partial charge on any atom is -0.479 e. The predicted octanol–water partition coefficient (Wildman–Crippen LogP) is 0.533. The number of hydrogen-bond donors (Lipinski definition) is 2. The summed E-state index contributed by atoms with van der Waals surface area (Å²) in [5.41, 5.74) is -0.466. The molecule has 2 N–H and O–H groups in total. The number of fused-ring (bicyclic) bond motifs is 1. The van der Waals surface area contributed by atoms with Crippen LogP contribution < -0.4 is 9.47 Å². The Balaban J connectivity index is 2.69. The van der Waals surface area contributed by atoms with E-state index in [2.05, 4.69) is 0 Å². The molecular weight excluding hydrogens is 188 g/mol. The van der Waals surface area contributed by atoms with Crippen molar-refractivity contribution in [3.8, 4) is 11.5 Å². The van der Waals surface area contributed by atoms with Crippen LogP contribution in [0.5, 0.6) is 11.5 Å². The Morgan fingerprint density at radius 1 is 1.50 bits per heavy atom. The normalized spacial score (nSPS) is 18.2. The summed E-state index contributed by atoms with van der Waals surface area (Å²) in [6.45, 7) is -0.195. The van der Waals surface area contributed by atoms with Gasteiger partial charge in [-0.15, -0.1) is 0 Å². The Hall–Kier alpha value is -1.75. The van der Waals surface area contributed by atoms with Crippen molar-refractivity contribution in [2.24, 2.45) is 0 Å². The van der Waals surface area contributed by atoms with Gasteiger partial charge < -0.3 is 19.7 Å². The fourth-order valence-electron chi connectivity index (χ4n) is 1.00. The lowest BCUT2D eigenvalue weighted by Gasteiger charge is -2.05. The molecule has 0 spiro atoms. The Labute approximate surface area is 83.7 Å². The molecule has 0 saturated heterocycles. The Morgan fingerprint density at radius 3 is 2.93 bits per heavy atom. The quantitative estimate of drug-likeness (QED) is 0.726. The van der Waals surface area contributed by atoms with Crippen LogP contribution in [0, 0.1) is 0 Å². The van der Waals surface area contributed by atoms with Gasteiger partial charge in [-0.3, -0.25) is 0 Å². The Kier molecular flexibility index (Phi) is 1.34. The second-order valence-corrected chi connectivity index (χ2v) is 2.59. The van der Waals surface area contributed by atoms with Crippen molar-refractivity contribution < 1.29 is 28.6 Å². The number of carboxylic acids is 1. The van der Waals surface area contributed by atoms with E-state index in [1.165, 1.54) is 0 Å². The number of carboxylic acid groups (broad SMARTS) is 1. The molecule has 1 heterocycles. The van der Waals surface area contributed by atoms with Crippen molar-refractivity contribution in [2.75, 3.05) is 6.79 Å². The van der Waals surface area contributed by atoms with Crippen molar-refractivity contribution in [2.45, 2.75) is 6.10 Å². The summed E-state index contributed by atoms with van der Waals surface area (Å²) in [4.78, 5) is 10.7. The van der Waals surface area contributed by atoms with Crippen LogP contribution in [0.3, 0.4) is 0 Å². The van der Waals surface area contributed by atoms with Gasteiger partial charge in [0.25, 0.3) is 0 Å². The third-order valence-electron chi connectivity index (χ3n) is 1.68. The lowest BCUT2D eigenvalue weighted by atomic mass is 10.1. The van der Waals surface area contributed by atoms with Gasteiger partial charge in [-0.25, -0.2) is 4.79 Å². The van der Waals surface area contributed by atoms with Gasteiger partial charge in [-0.05, 0) is 17.6 Å². The minimum absolute atomic E-state index is 0.0682. The summed E-state index contributed by atoms with van der Waals surface area (Å²) in [6, 6.07) is -1.38. The maximum absolute atomic E-state index is 10.7. The van der Waals surface area contributed by atoms with Gasteiger partial charge >= 0.3 is 5.97 Å². The smallest absolute Gasteiger partial charge is 0.337 e. The summed E-state index contributed by atoms with van der Waals surface area (Å²) in [6.07, 6.45) is -2.03. The van der Waals surface area contributed by atoms with Gasteiger partial charge in [0.05, 0.1) is 4.11 Å². The molecule has 5 nitrogen and oxygen atoms in total. The maximum Gasteiger partial charge on any atom is 0.337 e. The summed E-state index contributed by atoms with van der Waals surface area (Å²) in [5.74, 6) is -1.77. The second-order valence-electron chi connectivity index (χ2n) is 2.59. The Bertz CT molecular complexity index is 502. The van der Waals surface area contributed by atoms with E-state index in [1.54, 1.807) is 0 Å². The van der Waals surface area contributed by atoms with Crippen LogP contribution >= 0.6 is 0 Å². The highest BCUT2D eigenvalue weighted by atomic mass is 16.7. The van der Waals surface area contributed by atoms with Crippen molar-refractivity contribution in [3.05, 3.63) is 23.7 Å². The van der Waals surface area contributed by atoms with Crippen LogP contribution in [-0.2, 0) is 4.79 Å². The van der Waals surface area contributed by atoms with Gasteiger partial charge in [-0.1, -0.05) is 6.04 Å². The average Bonchev–Trinajstić information content (AvgIpc) is 2.75. The molecule has 74 valence electrons. The predicted molar refractivity (Wildman–Crippen MR) is 45.2 cm³/mol. The standard InChI is InChI=1S/C9H8O5/c10-8(9(11)12)5-1-2-6-7(3-5)14-4-13-6/h1-3,8,10H,4H2,(H,11,12)/i1D,2D,3D. The summed E-state index contributed by atoms with van der Waals surface area (Å²) in [7, 11) is 0. The molecule has 1 atom stereocenters. The molecule has 0 aliphatic carbocycles. The summed E-state index contributed by atoms with van der Waals surface area (Å²) >= 11 is 0. The third-order valence-corrected chi connectivity index (χ3v) is 1.68. The first-order valence-corrected chi connectivity index (χ1v) is 3.75. The largest absolute Gasteiger partial charge is 0.479 e. The van der Waals surface area contributed by atoms with E-state index in [0.29, 0.717) is 0 Å². The van der Waals surface area contributed by atoms with Crippen molar-refractivity contribution >= 4 is 5.97 Å². The average molecular weight is 199 g/mol. The van der Waals surface area contributed by atoms with Gasteiger partial charge in [-0.2, -0.15) is 0 Å². The van der Waals surface area contributed by atoms with Crippen LogP contribution in [0.1, 0.15) is 15.8 Å². The SMILES string of the molecule is [2H]c1c([2H])c(C(O)C(=O)O)c([2H])c2c1OCO2. The van der Waals surface area contributed by atoms with E-state index in [9.17, 15) is 9.90 Å². The first-order valence-electron chi connectivity index (χ1n) is 5.25. The first-order chi connectivity index (χ1) is 7.95. The molecule has 0 saturated carbocycles. The fourth-order valence-corrected chi connectivity index (χ4v) is 1.00.